The molecular weight excluding hydrogens is 414 g/mol. The summed E-state index contributed by atoms with van der Waals surface area (Å²) >= 11 is 0. The van der Waals surface area contributed by atoms with Gasteiger partial charge in [0.1, 0.15) is 11.6 Å². The number of aromatic nitrogens is 1. The van der Waals surface area contributed by atoms with E-state index in [1.54, 1.807) is 7.11 Å². The van der Waals surface area contributed by atoms with E-state index in [0.717, 1.165) is 63.8 Å². The van der Waals surface area contributed by atoms with E-state index in [1.165, 1.54) is 18.4 Å². The number of carbonyl (C=O) groups is 1. The zero-order valence-corrected chi connectivity index (χ0v) is 19.8. The zero-order valence-electron chi connectivity index (χ0n) is 19.8. The summed E-state index contributed by atoms with van der Waals surface area (Å²) in [5, 5.41) is 3.09. The van der Waals surface area contributed by atoms with Crippen LogP contribution in [0.2, 0.25) is 0 Å². The number of piperazine rings is 1. The smallest absolute Gasteiger partial charge is 0.234 e. The van der Waals surface area contributed by atoms with E-state index in [-0.39, 0.29) is 5.91 Å². The average Bonchev–Trinajstić information content (AvgIpc) is 2.86. The van der Waals surface area contributed by atoms with Gasteiger partial charge < -0.3 is 15.0 Å². The maximum absolute atomic E-state index is 12.5. The Morgan fingerprint density at radius 1 is 1.06 bits per heavy atom. The molecule has 1 N–H and O–H groups in total. The molecular formula is C26H37N5O2. The highest BCUT2D eigenvalue weighted by atomic mass is 16.5. The fourth-order valence-electron chi connectivity index (χ4n) is 4.91. The zero-order chi connectivity index (χ0) is 22.9. The number of amides is 1. The van der Waals surface area contributed by atoms with Gasteiger partial charge >= 0.3 is 0 Å². The van der Waals surface area contributed by atoms with E-state index >= 15 is 0 Å². The number of nitrogens with zero attached hydrogens (tertiary/aromatic N) is 4. The first-order valence-electron chi connectivity index (χ1n) is 12.2. The number of rotatable bonds is 9. The Kier molecular flexibility index (Phi) is 8.55. The first-order valence-corrected chi connectivity index (χ1v) is 12.2. The highest BCUT2D eigenvalue weighted by Gasteiger charge is 2.25. The minimum atomic E-state index is 0.133. The topological polar surface area (TPSA) is 60.9 Å². The maximum atomic E-state index is 12.5. The van der Waals surface area contributed by atoms with Crippen LogP contribution in [-0.2, 0) is 11.2 Å². The van der Waals surface area contributed by atoms with Crippen LogP contribution < -0.4 is 15.0 Å². The normalized spacial score (nSPS) is 19.9. The van der Waals surface area contributed by atoms with Crippen LogP contribution >= 0.6 is 0 Å². The molecule has 0 bridgehead atoms. The first-order chi connectivity index (χ1) is 16.2. The van der Waals surface area contributed by atoms with Crippen molar-refractivity contribution in [1.29, 1.82) is 0 Å². The van der Waals surface area contributed by atoms with E-state index < -0.39 is 0 Å². The van der Waals surface area contributed by atoms with Crippen molar-refractivity contribution in [3.8, 4) is 5.75 Å². The molecule has 1 amide bonds. The van der Waals surface area contributed by atoms with Crippen molar-refractivity contribution in [2.45, 2.75) is 19.3 Å². The molecule has 1 aromatic carbocycles. The summed E-state index contributed by atoms with van der Waals surface area (Å²) in [6.45, 7) is 8.58. The Balaban J connectivity index is 1.14. The number of methoxy groups -OCH3 is 1. The van der Waals surface area contributed by atoms with Gasteiger partial charge in [0.25, 0.3) is 0 Å². The first kappa shape index (κ1) is 23.5. The largest absolute Gasteiger partial charge is 0.497 e. The summed E-state index contributed by atoms with van der Waals surface area (Å²) in [6.07, 6.45) is 5.14. The molecule has 2 saturated heterocycles. The van der Waals surface area contributed by atoms with E-state index in [4.69, 9.17) is 4.74 Å². The summed E-state index contributed by atoms with van der Waals surface area (Å²) in [5.74, 6) is 2.72. The van der Waals surface area contributed by atoms with Crippen molar-refractivity contribution in [1.82, 2.24) is 20.1 Å². The second-order valence-electron chi connectivity index (χ2n) is 9.17. The quantitative estimate of drug-likeness (QED) is 0.631. The number of likely N-dealkylation sites (tertiary alicyclic amines) is 1. The van der Waals surface area contributed by atoms with Crippen LogP contribution in [-0.4, -0.2) is 86.7 Å². The molecule has 1 aromatic heterocycles. The molecule has 0 aliphatic carbocycles. The second-order valence-corrected chi connectivity index (χ2v) is 9.17. The van der Waals surface area contributed by atoms with Gasteiger partial charge in [0, 0.05) is 52.0 Å². The number of nitrogens with one attached hydrogen (secondary N) is 1. The van der Waals surface area contributed by atoms with Crippen molar-refractivity contribution in [3.05, 3.63) is 54.2 Å². The van der Waals surface area contributed by atoms with Crippen molar-refractivity contribution in [2.75, 3.05) is 70.9 Å². The van der Waals surface area contributed by atoms with Crippen molar-refractivity contribution >= 4 is 11.7 Å². The third kappa shape index (κ3) is 7.17. The summed E-state index contributed by atoms with van der Waals surface area (Å²) < 4.78 is 5.19. The fraction of sp³-hybridized carbons (Fsp3) is 0.538. The molecule has 33 heavy (non-hydrogen) atoms. The van der Waals surface area contributed by atoms with Crippen LogP contribution in [0.15, 0.2) is 48.7 Å². The minimum absolute atomic E-state index is 0.133. The number of hydrogen-bond donors (Lipinski definition) is 1. The Morgan fingerprint density at radius 3 is 2.61 bits per heavy atom. The third-order valence-electron chi connectivity index (χ3n) is 6.73. The molecule has 3 heterocycles. The molecule has 1 unspecified atom stereocenters. The number of pyridine rings is 1. The molecule has 2 fully saturated rings. The van der Waals surface area contributed by atoms with E-state index in [0.29, 0.717) is 19.0 Å². The highest BCUT2D eigenvalue weighted by Crippen LogP contribution is 2.19. The van der Waals surface area contributed by atoms with E-state index in [2.05, 4.69) is 49.3 Å². The van der Waals surface area contributed by atoms with Gasteiger partial charge in [-0.25, -0.2) is 4.98 Å². The molecule has 178 valence electrons. The van der Waals surface area contributed by atoms with Crippen LogP contribution in [0, 0.1) is 5.92 Å². The molecule has 0 spiro atoms. The van der Waals surface area contributed by atoms with Gasteiger partial charge in [-0.05, 0) is 61.6 Å². The fourth-order valence-corrected chi connectivity index (χ4v) is 4.91. The standard InChI is InChI=1S/C26H37N5O2/c1-33-24-9-7-22(8-10-24)11-13-28-26(32)21-30-14-4-5-23(20-30)19-29-15-17-31(18-16-29)25-6-2-3-12-27-25/h2-3,6-10,12,23H,4-5,11,13-21H2,1H3,(H,28,32). The molecule has 4 rings (SSSR count). The van der Waals surface area contributed by atoms with Gasteiger partial charge in [0.05, 0.1) is 13.7 Å². The summed E-state index contributed by atoms with van der Waals surface area (Å²) in [6, 6.07) is 14.1. The van der Waals surface area contributed by atoms with E-state index in [9.17, 15) is 4.79 Å². The monoisotopic (exact) mass is 451 g/mol. The Morgan fingerprint density at radius 2 is 1.88 bits per heavy atom. The summed E-state index contributed by atoms with van der Waals surface area (Å²) in [7, 11) is 1.67. The SMILES string of the molecule is COc1ccc(CCNC(=O)CN2CCCC(CN3CCN(c4ccccn4)CC3)C2)cc1. The van der Waals surface area contributed by atoms with Crippen molar-refractivity contribution < 1.29 is 9.53 Å². The average molecular weight is 452 g/mol. The predicted molar refractivity (Wildman–Crippen MR) is 132 cm³/mol. The predicted octanol–water partition coefficient (Wildman–Crippen LogP) is 2.28. The molecule has 2 aliphatic rings. The molecule has 7 heteroatoms. The number of hydrogen-bond acceptors (Lipinski definition) is 6. The third-order valence-corrected chi connectivity index (χ3v) is 6.73. The molecule has 1 atom stereocenters. The molecule has 2 aromatic rings. The van der Waals surface area contributed by atoms with Crippen LogP contribution in [0.3, 0.4) is 0 Å². The maximum Gasteiger partial charge on any atom is 0.234 e. The van der Waals surface area contributed by atoms with Gasteiger partial charge in [-0.15, -0.1) is 0 Å². The van der Waals surface area contributed by atoms with Gasteiger partial charge in [0.2, 0.25) is 5.91 Å². The van der Waals surface area contributed by atoms with E-state index in [1.807, 2.05) is 24.4 Å². The second kappa shape index (κ2) is 12.0. The van der Waals surface area contributed by atoms with Crippen molar-refractivity contribution in [3.63, 3.8) is 0 Å². The summed E-state index contributed by atoms with van der Waals surface area (Å²) in [4.78, 5) is 24.3. The van der Waals surface area contributed by atoms with Crippen LogP contribution in [0.1, 0.15) is 18.4 Å². The molecule has 2 aliphatic heterocycles. The lowest BCUT2D eigenvalue weighted by molar-refractivity contribution is -0.122. The highest BCUT2D eigenvalue weighted by molar-refractivity contribution is 5.78. The van der Waals surface area contributed by atoms with Gasteiger partial charge in [0.15, 0.2) is 0 Å². The summed E-state index contributed by atoms with van der Waals surface area (Å²) in [5.41, 5.74) is 1.21. The number of carbonyl (C=O) groups excluding carboxylic acids is 1. The van der Waals surface area contributed by atoms with Gasteiger partial charge in [-0.1, -0.05) is 18.2 Å². The lowest BCUT2D eigenvalue weighted by Crippen LogP contribution is -2.50. The Bertz CT molecular complexity index is 853. The van der Waals surface area contributed by atoms with Crippen LogP contribution in [0.4, 0.5) is 5.82 Å². The lowest BCUT2D eigenvalue weighted by atomic mass is 9.97. The molecule has 0 radical (unpaired) electrons. The van der Waals surface area contributed by atoms with Crippen LogP contribution in [0.5, 0.6) is 5.75 Å². The van der Waals surface area contributed by atoms with Crippen molar-refractivity contribution in [2.24, 2.45) is 5.92 Å². The number of anilines is 1. The molecule has 7 nitrogen and oxygen atoms in total. The molecule has 0 saturated carbocycles. The minimum Gasteiger partial charge on any atom is -0.497 e. The van der Waals surface area contributed by atoms with Gasteiger partial charge in [-0.2, -0.15) is 0 Å². The lowest BCUT2D eigenvalue weighted by Gasteiger charge is -2.39. The Hall–Kier alpha value is -2.64. The number of benzene rings is 1. The Labute approximate surface area is 197 Å². The van der Waals surface area contributed by atoms with Gasteiger partial charge in [-0.3, -0.25) is 14.6 Å². The van der Waals surface area contributed by atoms with Crippen LogP contribution in [0.25, 0.3) is 0 Å². The number of ether oxygens (including phenoxy) is 1. The number of piperidine rings is 1.